The van der Waals surface area contributed by atoms with Crippen molar-refractivity contribution in [2.45, 2.75) is 70.1 Å². The first-order valence-electron chi connectivity index (χ1n) is 12.9. The second-order valence-corrected chi connectivity index (χ2v) is 10.9. The minimum atomic E-state index is -4.53. The Kier molecular flexibility index (Phi) is 9.02. The summed E-state index contributed by atoms with van der Waals surface area (Å²) < 4.78 is 41.3. The van der Waals surface area contributed by atoms with E-state index in [0.717, 1.165) is 41.0 Å². The number of aldehydes is 1. The lowest BCUT2D eigenvalue weighted by atomic mass is 10.1. The van der Waals surface area contributed by atoms with Crippen LogP contribution in [0.5, 0.6) is 0 Å². The monoisotopic (exact) mass is 572 g/mol. The van der Waals surface area contributed by atoms with Gasteiger partial charge in [0.25, 0.3) is 0 Å². The van der Waals surface area contributed by atoms with Crippen LogP contribution in [0.15, 0.2) is 34.5 Å². The van der Waals surface area contributed by atoms with Gasteiger partial charge >= 0.3 is 6.18 Å². The average Bonchev–Trinajstić information content (AvgIpc) is 3.77. The molecule has 0 radical (unpaired) electrons. The molecule has 212 valence electrons. The lowest BCUT2D eigenvalue weighted by molar-refractivity contribution is -0.144. The number of carbonyl (C=O) groups is 1. The number of nitrogens with one attached hydrogen (secondary N) is 1. The van der Waals surface area contributed by atoms with Gasteiger partial charge in [-0.3, -0.25) is 9.78 Å². The van der Waals surface area contributed by atoms with E-state index in [1.165, 1.54) is 13.4 Å². The van der Waals surface area contributed by atoms with Crippen LogP contribution in [0.4, 0.5) is 24.7 Å². The summed E-state index contributed by atoms with van der Waals surface area (Å²) in [5.74, 6) is 1.24. The van der Waals surface area contributed by atoms with Gasteiger partial charge in [-0.05, 0) is 51.5 Å². The summed E-state index contributed by atoms with van der Waals surface area (Å²) in [6.07, 6.45) is 1.13. The van der Waals surface area contributed by atoms with Crippen molar-refractivity contribution in [1.82, 2.24) is 30.2 Å². The van der Waals surface area contributed by atoms with Gasteiger partial charge in [-0.25, -0.2) is 24.9 Å². The molecule has 1 atom stereocenters. The lowest BCUT2D eigenvalue weighted by Crippen LogP contribution is -2.41. The molecule has 0 aliphatic heterocycles. The number of aliphatic imine (C=N–C) groups is 1. The van der Waals surface area contributed by atoms with Crippen LogP contribution in [0.1, 0.15) is 55.4 Å². The molecule has 0 saturated heterocycles. The summed E-state index contributed by atoms with van der Waals surface area (Å²) >= 11 is 1.66. The standard InChI is InChI=1S/C27H31F3N8OS/c1-6-40-20-10-9-19(31-12-20)11-32-21(13-39)36-23-16(3)35-25(37-26(23)38(5)17(4)27(28,29)30)22-15(2)33-14-34-24(22)18-7-8-18/h9-10,12-14,17-18H,6-8,11H2,1-5H3,(H,32,36)/t17-/m0/s1. The van der Waals surface area contributed by atoms with Crippen molar-refractivity contribution in [2.75, 3.05) is 17.7 Å². The van der Waals surface area contributed by atoms with Crippen LogP contribution >= 0.6 is 11.8 Å². The van der Waals surface area contributed by atoms with Crippen LogP contribution in [0.3, 0.4) is 0 Å². The molecule has 1 aliphatic rings. The van der Waals surface area contributed by atoms with Gasteiger partial charge in [0.15, 0.2) is 23.8 Å². The number of alkyl halides is 3. The molecule has 3 aromatic rings. The van der Waals surface area contributed by atoms with Gasteiger partial charge in [-0.2, -0.15) is 13.2 Å². The number of carbonyl (C=O) groups excluding carboxylic acids is 1. The Morgan fingerprint density at radius 3 is 2.55 bits per heavy atom. The fourth-order valence-electron chi connectivity index (χ4n) is 4.05. The van der Waals surface area contributed by atoms with Gasteiger partial charge in [-0.15, -0.1) is 11.8 Å². The van der Waals surface area contributed by atoms with Crippen LogP contribution in [0.25, 0.3) is 11.4 Å². The Labute approximate surface area is 235 Å². The first kappa shape index (κ1) is 29.4. The zero-order chi connectivity index (χ0) is 29.0. The number of aryl methyl sites for hydroxylation is 2. The summed E-state index contributed by atoms with van der Waals surface area (Å²) in [4.78, 5) is 40.6. The van der Waals surface area contributed by atoms with Crippen molar-refractivity contribution in [3.63, 3.8) is 0 Å². The molecule has 1 saturated carbocycles. The minimum Gasteiger partial charge on any atom is -0.362 e. The van der Waals surface area contributed by atoms with Gasteiger partial charge in [0.1, 0.15) is 18.1 Å². The molecule has 3 aromatic heterocycles. The first-order chi connectivity index (χ1) is 19.0. The lowest BCUT2D eigenvalue weighted by Gasteiger charge is -2.29. The molecule has 0 spiro atoms. The number of thioether (sulfide) groups is 1. The molecule has 0 bridgehead atoms. The molecule has 0 aromatic carbocycles. The van der Waals surface area contributed by atoms with Gasteiger partial charge in [0.05, 0.1) is 34.9 Å². The van der Waals surface area contributed by atoms with E-state index in [4.69, 9.17) is 0 Å². The number of aromatic nitrogens is 5. The minimum absolute atomic E-state index is 0.0575. The van der Waals surface area contributed by atoms with Crippen molar-refractivity contribution in [2.24, 2.45) is 4.99 Å². The van der Waals surface area contributed by atoms with Crippen LogP contribution in [0, 0.1) is 13.8 Å². The Morgan fingerprint density at radius 2 is 1.95 bits per heavy atom. The SMILES string of the molecule is CCSc1ccc(CN/C(C=O)=N/c2c(C)nc(-c3c(C)ncnc3C3CC3)nc2N(C)[C@@H](C)C(F)(F)F)nc1. The molecule has 40 heavy (non-hydrogen) atoms. The molecular formula is C27H31F3N8OS. The van der Waals surface area contributed by atoms with Gasteiger partial charge in [0, 0.05) is 24.1 Å². The Morgan fingerprint density at radius 1 is 1.20 bits per heavy atom. The number of pyridine rings is 1. The highest BCUT2D eigenvalue weighted by atomic mass is 32.2. The number of hydrogen-bond donors (Lipinski definition) is 1. The van der Waals surface area contributed by atoms with Gasteiger partial charge in [0.2, 0.25) is 0 Å². The maximum atomic E-state index is 13.8. The van der Waals surface area contributed by atoms with Crippen LogP contribution in [-0.2, 0) is 11.3 Å². The molecule has 1 aliphatic carbocycles. The number of nitrogens with zero attached hydrogens (tertiary/aromatic N) is 7. The number of amidine groups is 1. The zero-order valence-corrected chi connectivity index (χ0v) is 23.8. The quantitative estimate of drug-likeness (QED) is 0.149. The van der Waals surface area contributed by atoms with E-state index in [2.05, 4.69) is 35.2 Å². The van der Waals surface area contributed by atoms with Crippen LogP contribution in [0.2, 0.25) is 0 Å². The highest BCUT2D eigenvalue weighted by Crippen LogP contribution is 2.44. The topological polar surface area (TPSA) is 109 Å². The predicted molar refractivity (Wildman–Crippen MR) is 149 cm³/mol. The fraction of sp³-hybridized carbons (Fsp3) is 0.444. The van der Waals surface area contributed by atoms with E-state index in [1.54, 1.807) is 31.8 Å². The Bertz CT molecular complexity index is 1390. The maximum Gasteiger partial charge on any atom is 0.408 e. The maximum absolute atomic E-state index is 13.8. The van der Waals surface area contributed by atoms with Crippen molar-refractivity contribution in [3.05, 3.63) is 47.4 Å². The van der Waals surface area contributed by atoms with E-state index >= 15 is 0 Å². The Balaban J connectivity index is 1.75. The largest absolute Gasteiger partial charge is 0.408 e. The summed E-state index contributed by atoms with van der Waals surface area (Å²) in [7, 11) is 1.30. The Hall–Kier alpha value is -3.61. The summed E-state index contributed by atoms with van der Waals surface area (Å²) in [5, 5.41) is 2.92. The number of anilines is 1. The molecule has 1 fully saturated rings. The third-order valence-corrected chi connectivity index (χ3v) is 7.45. The van der Waals surface area contributed by atoms with Crippen molar-refractivity contribution in [3.8, 4) is 11.4 Å². The van der Waals surface area contributed by atoms with Crippen molar-refractivity contribution < 1.29 is 18.0 Å². The second kappa shape index (κ2) is 12.3. The molecular weight excluding hydrogens is 541 g/mol. The van der Waals surface area contributed by atoms with Crippen LogP contribution in [-0.4, -0.2) is 62.1 Å². The van der Waals surface area contributed by atoms with Crippen LogP contribution < -0.4 is 10.2 Å². The molecule has 4 rings (SSSR count). The van der Waals surface area contributed by atoms with E-state index in [1.807, 2.05) is 19.1 Å². The third kappa shape index (κ3) is 6.75. The summed E-state index contributed by atoms with van der Waals surface area (Å²) in [5.41, 5.74) is 3.08. The van der Waals surface area contributed by atoms with Crippen molar-refractivity contribution >= 4 is 35.4 Å². The summed E-state index contributed by atoms with van der Waals surface area (Å²) in [6, 6.07) is 1.89. The normalized spacial score (nSPS) is 14.7. The molecule has 3 heterocycles. The molecule has 9 nitrogen and oxygen atoms in total. The van der Waals surface area contributed by atoms with E-state index in [9.17, 15) is 18.0 Å². The third-order valence-electron chi connectivity index (χ3n) is 6.59. The predicted octanol–water partition coefficient (Wildman–Crippen LogP) is 5.34. The number of hydrogen-bond acceptors (Lipinski definition) is 9. The summed E-state index contributed by atoms with van der Waals surface area (Å²) in [6.45, 7) is 6.71. The molecule has 0 unspecified atom stereocenters. The van der Waals surface area contributed by atoms with Gasteiger partial charge in [-0.1, -0.05) is 6.92 Å². The molecule has 13 heteroatoms. The van der Waals surface area contributed by atoms with Gasteiger partial charge < -0.3 is 10.2 Å². The van der Waals surface area contributed by atoms with Crippen molar-refractivity contribution in [1.29, 1.82) is 0 Å². The van der Waals surface area contributed by atoms with E-state index < -0.39 is 12.2 Å². The highest BCUT2D eigenvalue weighted by molar-refractivity contribution is 7.99. The zero-order valence-electron chi connectivity index (χ0n) is 23.0. The molecule has 0 amide bonds. The number of rotatable bonds is 10. The van der Waals surface area contributed by atoms with E-state index in [-0.39, 0.29) is 35.6 Å². The first-order valence-corrected chi connectivity index (χ1v) is 13.9. The fourth-order valence-corrected chi connectivity index (χ4v) is 4.68. The average molecular weight is 573 g/mol. The smallest absolute Gasteiger partial charge is 0.362 e. The number of halogens is 3. The van der Waals surface area contributed by atoms with E-state index in [0.29, 0.717) is 28.9 Å². The molecule has 1 N–H and O–H groups in total. The highest BCUT2D eigenvalue weighted by Gasteiger charge is 2.40. The second-order valence-electron chi connectivity index (χ2n) is 9.51.